The zero-order valence-corrected chi connectivity index (χ0v) is 17.0. The molecule has 0 spiro atoms. The number of rotatable bonds is 6. The van der Waals surface area contributed by atoms with E-state index >= 15 is 0 Å². The molecule has 0 aliphatic rings. The molecule has 2 aromatic rings. The summed E-state index contributed by atoms with van der Waals surface area (Å²) in [5, 5.41) is 5.29. The van der Waals surface area contributed by atoms with Crippen molar-refractivity contribution in [3.63, 3.8) is 0 Å². The summed E-state index contributed by atoms with van der Waals surface area (Å²) >= 11 is 0. The van der Waals surface area contributed by atoms with E-state index in [-0.39, 0.29) is 5.56 Å². The van der Waals surface area contributed by atoms with Gasteiger partial charge in [0, 0.05) is 12.2 Å². The van der Waals surface area contributed by atoms with Crippen LogP contribution in [0.5, 0.6) is 0 Å². The second-order valence-electron chi connectivity index (χ2n) is 7.46. The highest BCUT2D eigenvalue weighted by atomic mass is 16.6. The van der Waals surface area contributed by atoms with Crippen LogP contribution in [0, 0.1) is 0 Å². The topological polar surface area (TPSA) is 93.7 Å². The van der Waals surface area contributed by atoms with Gasteiger partial charge >= 0.3 is 12.1 Å². The van der Waals surface area contributed by atoms with Crippen molar-refractivity contribution in [2.75, 3.05) is 5.32 Å². The fraction of sp³-hybridized carbons (Fsp3) is 0.318. The zero-order valence-electron chi connectivity index (χ0n) is 17.0. The number of amides is 2. The Morgan fingerprint density at radius 2 is 1.69 bits per heavy atom. The molecule has 7 heteroatoms. The number of benzene rings is 2. The molecule has 0 aliphatic heterocycles. The molecule has 2 rings (SSSR count). The van der Waals surface area contributed by atoms with Crippen molar-refractivity contribution >= 4 is 23.7 Å². The number of hydrogen-bond donors (Lipinski definition) is 2. The Morgan fingerprint density at radius 3 is 2.34 bits per heavy atom. The van der Waals surface area contributed by atoms with Crippen LogP contribution in [-0.2, 0) is 20.8 Å². The molecule has 0 fully saturated rings. The summed E-state index contributed by atoms with van der Waals surface area (Å²) < 4.78 is 10.4. The first-order valence-corrected chi connectivity index (χ1v) is 9.27. The van der Waals surface area contributed by atoms with Gasteiger partial charge in [-0.15, -0.1) is 0 Å². The standard InChI is InChI=1S/C22H26N2O5/c1-15(19(25)23-14-16-9-6-5-7-10-16)28-20(26)17-11-8-12-18(13-17)24-21(27)29-22(2,3)4/h5-13,15H,14H2,1-4H3,(H,23,25)(H,24,27)/t15-/m0/s1. The first-order valence-electron chi connectivity index (χ1n) is 9.27. The Labute approximate surface area is 170 Å². The quantitative estimate of drug-likeness (QED) is 0.720. The molecular formula is C22H26N2O5. The van der Waals surface area contributed by atoms with Gasteiger partial charge in [0.15, 0.2) is 6.10 Å². The molecule has 2 amide bonds. The maximum absolute atomic E-state index is 12.4. The molecule has 2 aromatic carbocycles. The second-order valence-corrected chi connectivity index (χ2v) is 7.46. The van der Waals surface area contributed by atoms with Crippen molar-refractivity contribution in [2.45, 2.75) is 45.9 Å². The van der Waals surface area contributed by atoms with Crippen molar-refractivity contribution < 1.29 is 23.9 Å². The number of ether oxygens (including phenoxy) is 2. The van der Waals surface area contributed by atoms with E-state index < -0.39 is 29.7 Å². The Morgan fingerprint density at radius 1 is 1.00 bits per heavy atom. The van der Waals surface area contributed by atoms with Gasteiger partial charge in [0.05, 0.1) is 5.56 Å². The van der Waals surface area contributed by atoms with E-state index in [1.165, 1.54) is 19.1 Å². The highest BCUT2D eigenvalue weighted by Crippen LogP contribution is 2.15. The molecule has 2 N–H and O–H groups in total. The van der Waals surface area contributed by atoms with Gasteiger partial charge in [0.1, 0.15) is 5.60 Å². The van der Waals surface area contributed by atoms with Crippen LogP contribution in [0.2, 0.25) is 0 Å². The number of esters is 1. The summed E-state index contributed by atoms with van der Waals surface area (Å²) in [5.41, 5.74) is 0.903. The minimum atomic E-state index is -0.964. The van der Waals surface area contributed by atoms with Crippen LogP contribution in [0.3, 0.4) is 0 Å². The predicted molar refractivity (Wildman–Crippen MR) is 109 cm³/mol. The monoisotopic (exact) mass is 398 g/mol. The number of hydrogen-bond acceptors (Lipinski definition) is 5. The van der Waals surface area contributed by atoms with Crippen molar-refractivity contribution in [2.24, 2.45) is 0 Å². The molecule has 29 heavy (non-hydrogen) atoms. The number of nitrogens with one attached hydrogen (secondary N) is 2. The average molecular weight is 398 g/mol. The van der Waals surface area contributed by atoms with Crippen molar-refractivity contribution in [3.05, 3.63) is 65.7 Å². The molecule has 0 saturated heterocycles. The molecule has 0 unspecified atom stereocenters. The van der Waals surface area contributed by atoms with E-state index in [4.69, 9.17) is 9.47 Å². The Bertz CT molecular complexity index is 859. The first-order chi connectivity index (χ1) is 13.6. The zero-order chi connectivity index (χ0) is 21.4. The minimum Gasteiger partial charge on any atom is -0.449 e. The van der Waals surface area contributed by atoms with Gasteiger partial charge < -0.3 is 14.8 Å². The van der Waals surface area contributed by atoms with E-state index in [0.29, 0.717) is 12.2 Å². The molecule has 0 radical (unpaired) electrons. The van der Waals surface area contributed by atoms with Gasteiger partial charge in [0.2, 0.25) is 0 Å². The molecule has 7 nitrogen and oxygen atoms in total. The van der Waals surface area contributed by atoms with Gasteiger partial charge in [-0.25, -0.2) is 9.59 Å². The number of carbonyl (C=O) groups is 3. The van der Waals surface area contributed by atoms with Crippen LogP contribution in [0.25, 0.3) is 0 Å². The lowest BCUT2D eigenvalue weighted by atomic mass is 10.2. The second kappa shape index (κ2) is 9.73. The van der Waals surface area contributed by atoms with Gasteiger partial charge in [-0.2, -0.15) is 0 Å². The highest BCUT2D eigenvalue weighted by molar-refractivity contribution is 5.94. The van der Waals surface area contributed by atoms with Crippen LogP contribution < -0.4 is 10.6 Å². The number of anilines is 1. The maximum atomic E-state index is 12.4. The van der Waals surface area contributed by atoms with E-state index in [0.717, 1.165) is 5.56 Å². The summed E-state index contributed by atoms with van der Waals surface area (Å²) in [6.07, 6.45) is -1.59. The predicted octanol–water partition coefficient (Wildman–Crippen LogP) is 3.90. The maximum Gasteiger partial charge on any atom is 0.412 e. The molecule has 0 saturated carbocycles. The Kier molecular flexibility index (Phi) is 7.36. The van der Waals surface area contributed by atoms with E-state index in [9.17, 15) is 14.4 Å². The molecular weight excluding hydrogens is 372 g/mol. The van der Waals surface area contributed by atoms with Gasteiger partial charge in [0.25, 0.3) is 5.91 Å². The van der Waals surface area contributed by atoms with Crippen LogP contribution in [-0.4, -0.2) is 29.7 Å². The van der Waals surface area contributed by atoms with E-state index in [2.05, 4.69) is 10.6 Å². The number of carbonyl (C=O) groups excluding carboxylic acids is 3. The molecule has 0 heterocycles. The SMILES string of the molecule is C[C@H](OC(=O)c1cccc(NC(=O)OC(C)(C)C)c1)C(=O)NCc1ccccc1. The highest BCUT2D eigenvalue weighted by Gasteiger charge is 2.20. The van der Waals surface area contributed by atoms with Crippen molar-refractivity contribution in [3.8, 4) is 0 Å². The normalized spacial score (nSPS) is 11.9. The fourth-order valence-electron chi connectivity index (χ4n) is 2.36. The fourth-order valence-corrected chi connectivity index (χ4v) is 2.36. The van der Waals surface area contributed by atoms with Crippen LogP contribution in [0.15, 0.2) is 54.6 Å². The van der Waals surface area contributed by atoms with Crippen molar-refractivity contribution in [1.29, 1.82) is 0 Å². The third-order valence-electron chi connectivity index (χ3n) is 3.71. The summed E-state index contributed by atoms with van der Waals surface area (Å²) in [6.45, 7) is 7.11. The smallest absolute Gasteiger partial charge is 0.412 e. The van der Waals surface area contributed by atoms with Gasteiger partial charge in [-0.3, -0.25) is 10.1 Å². The molecule has 0 aliphatic carbocycles. The molecule has 0 bridgehead atoms. The third kappa shape index (κ3) is 7.65. The van der Waals surface area contributed by atoms with E-state index in [1.807, 2.05) is 30.3 Å². The van der Waals surface area contributed by atoms with Crippen LogP contribution in [0.4, 0.5) is 10.5 Å². The third-order valence-corrected chi connectivity index (χ3v) is 3.71. The first kappa shape index (κ1) is 21.9. The summed E-state index contributed by atoms with van der Waals surface area (Å²) in [7, 11) is 0. The van der Waals surface area contributed by atoms with E-state index in [1.54, 1.807) is 32.9 Å². The molecule has 1 atom stereocenters. The molecule has 0 aromatic heterocycles. The largest absolute Gasteiger partial charge is 0.449 e. The lowest BCUT2D eigenvalue weighted by Gasteiger charge is -2.19. The lowest BCUT2D eigenvalue weighted by molar-refractivity contribution is -0.129. The van der Waals surface area contributed by atoms with Gasteiger partial charge in [-0.1, -0.05) is 36.4 Å². The van der Waals surface area contributed by atoms with Gasteiger partial charge in [-0.05, 0) is 51.5 Å². The summed E-state index contributed by atoms with van der Waals surface area (Å²) in [4.78, 5) is 36.4. The Hall–Kier alpha value is -3.35. The Balaban J connectivity index is 1.90. The minimum absolute atomic E-state index is 0.210. The van der Waals surface area contributed by atoms with Crippen LogP contribution in [0.1, 0.15) is 43.6 Å². The molecule has 154 valence electrons. The average Bonchev–Trinajstić information content (AvgIpc) is 2.65. The van der Waals surface area contributed by atoms with Crippen LogP contribution >= 0.6 is 0 Å². The van der Waals surface area contributed by atoms with Crippen molar-refractivity contribution in [1.82, 2.24) is 5.32 Å². The summed E-state index contributed by atoms with van der Waals surface area (Å²) in [6, 6.07) is 15.6. The summed E-state index contributed by atoms with van der Waals surface area (Å²) in [5.74, 6) is -1.06. The lowest BCUT2D eigenvalue weighted by Crippen LogP contribution is -2.35.